The molecule has 0 saturated carbocycles. The second-order valence-electron chi connectivity index (χ2n) is 0.837. The summed E-state index contributed by atoms with van der Waals surface area (Å²) in [7, 11) is -2.25. The van der Waals surface area contributed by atoms with E-state index in [-0.39, 0.29) is 6.61 Å². The molecule has 0 aromatic rings. The Morgan fingerprint density at radius 2 is 2.57 bits per heavy atom. The zero-order chi connectivity index (χ0) is 5.70. The molecule has 1 unspecified atom stereocenters. The van der Waals surface area contributed by atoms with E-state index < -0.39 is 7.38 Å². The lowest BCUT2D eigenvalue weighted by Crippen LogP contribution is -1.72. The van der Waals surface area contributed by atoms with Gasteiger partial charge in [0.2, 0.25) is 0 Å². The zero-order valence-electron chi connectivity index (χ0n) is 3.69. The highest BCUT2D eigenvalue weighted by Gasteiger charge is 1.84. The van der Waals surface area contributed by atoms with Gasteiger partial charge in [0.25, 0.3) is 7.38 Å². The van der Waals surface area contributed by atoms with Crippen LogP contribution < -0.4 is 0 Å². The first-order chi connectivity index (χ1) is 3.27. The van der Waals surface area contributed by atoms with E-state index in [4.69, 9.17) is 11.2 Å². The van der Waals surface area contributed by atoms with Crippen LogP contribution in [0.4, 0.5) is 0 Å². The normalized spacial score (nSPS) is 13.3. The molecule has 0 aliphatic heterocycles. The Morgan fingerprint density at radius 1 is 2.00 bits per heavy atom. The molecule has 7 heavy (non-hydrogen) atoms. The summed E-state index contributed by atoms with van der Waals surface area (Å²) in [5.74, 6) is 0. The Morgan fingerprint density at radius 3 is 2.71 bits per heavy atom. The van der Waals surface area contributed by atoms with Crippen molar-refractivity contribution >= 4 is 18.6 Å². The lowest BCUT2D eigenvalue weighted by atomic mass is 10.7. The van der Waals surface area contributed by atoms with Gasteiger partial charge in [-0.25, -0.2) is 0 Å². The second kappa shape index (κ2) is 4.38. The highest BCUT2D eigenvalue weighted by atomic mass is 35.7. The van der Waals surface area contributed by atoms with E-state index in [9.17, 15) is 4.57 Å². The van der Waals surface area contributed by atoms with Crippen LogP contribution in [-0.2, 0) is 9.09 Å². The highest BCUT2D eigenvalue weighted by molar-refractivity contribution is 7.69. The van der Waals surface area contributed by atoms with Crippen LogP contribution in [0.3, 0.4) is 0 Å². The van der Waals surface area contributed by atoms with Crippen LogP contribution in [0.25, 0.3) is 0 Å². The molecule has 0 bridgehead atoms. The van der Waals surface area contributed by atoms with Gasteiger partial charge in [-0.05, 0) is 11.2 Å². The fourth-order valence-electron chi connectivity index (χ4n) is 0.124. The van der Waals surface area contributed by atoms with Crippen LogP contribution in [0.2, 0.25) is 0 Å². The molecule has 0 fully saturated rings. The number of halogens is 1. The van der Waals surface area contributed by atoms with Gasteiger partial charge in [0.05, 0.1) is 6.61 Å². The standard InChI is InChI=1S/C3H6ClO2P/c1-2-3-6-7(4)5/h2,7H,1,3H2. The molecule has 0 aliphatic carbocycles. The van der Waals surface area contributed by atoms with E-state index in [0.29, 0.717) is 0 Å². The Labute approximate surface area is 47.8 Å². The lowest BCUT2D eigenvalue weighted by molar-refractivity contribution is 0.382. The Bertz CT molecular complexity index is 83.0. The van der Waals surface area contributed by atoms with Gasteiger partial charge in [-0.15, -0.1) is 6.58 Å². The fourth-order valence-corrected chi connectivity index (χ4v) is 0.562. The maximum absolute atomic E-state index is 9.88. The molecule has 42 valence electrons. The Kier molecular flexibility index (Phi) is 4.52. The predicted octanol–water partition coefficient (Wildman–Crippen LogP) is 1.82. The van der Waals surface area contributed by atoms with Crippen molar-refractivity contribution in [3.63, 3.8) is 0 Å². The van der Waals surface area contributed by atoms with Gasteiger partial charge in [-0.2, -0.15) is 0 Å². The van der Waals surface area contributed by atoms with Crippen molar-refractivity contribution in [2.24, 2.45) is 0 Å². The van der Waals surface area contributed by atoms with E-state index in [0.717, 1.165) is 0 Å². The summed E-state index contributed by atoms with van der Waals surface area (Å²) in [5.41, 5.74) is 0. The molecule has 0 spiro atoms. The minimum absolute atomic E-state index is 0.265. The second-order valence-corrected chi connectivity index (χ2v) is 2.53. The van der Waals surface area contributed by atoms with Crippen molar-refractivity contribution in [1.82, 2.24) is 0 Å². The molecule has 0 radical (unpaired) electrons. The van der Waals surface area contributed by atoms with Gasteiger partial charge in [-0.1, -0.05) is 6.08 Å². The third kappa shape index (κ3) is 6.22. The van der Waals surface area contributed by atoms with Crippen molar-refractivity contribution in [1.29, 1.82) is 0 Å². The smallest absolute Gasteiger partial charge is 0.279 e. The summed E-state index contributed by atoms with van der Waals surface area (Å²) in [6.45, 7) is 3.59. The summed E-state index contributed by atoms with van der Waals surface area (Å²) in [4.78, 5) is 0. The minimum Gasteiger partial charge on any atom is -0.315 e. The van der Waals surface area contributed by atoms with Crippen molar-refractivity contribution in [2.75, 3.05) is 6.61 Å². The van der Waals surface area contributed by atoms with Crippen molar-refractivity contribution < 1.29 is 9.09 Å². The SMILES string of the molecule is C=CCO[PH](=O)Cl. The van der Waals surface area contributed by atoms with Gasteiger partial charge < -0.3 is 4.52 Å². The van der Waals surface area contributed by atoms with E-state index in [2.05, 4.69) is 11.1 Å². The molecular formula is C3H6ClO2P. The molecule has 4 heteroatoms. The van der Waals surface area contributed by atoms with Gasteiger partial charge in [0, 0.05) is 0 Å². The van der Waals surface area contributed by atoms with Gasteiger partial charge in [-0.3, -0.25) is 4.57 Å². The maximum Gasteiger partial charge on any atom is 0.279 e. The Balaban J connectivity index is 2.97. The fraction of sp³-hybridized carbons (Fsp3) is 0.333. The molecule has 0 saturated heterocycles. The molecule has 0 rings (SSSR count). The minimum atomic E-state index is -2.25. The monoisotopic (exact) mass is 140 g/mol. The van der Waals surface area contributed by atoms with Crippen molar-refractivity contribution in [2.45, 2.75) is 0 Å². The number of hydrogen-bond donors (Lipinski definition) is 0. The van der Waals surface area contributed by atoms with Crippen molar-refractivity contribution in [3.8, 4) is 0 Å². The van der Waals surface area contributed by atoms with Gasteiger partial charge in [0.15, 0.2) is 0 Å². The lowest BCUT2D eigenvalue weighted by Gasteiger charge is -1.87. The van der Waals surface area contributed by atoms with Crippen LogP contribution in [0.5, 0.6) is 0 Å². The summed E-state index contributed by atoms with van der Waals surface area (Å²) < 4.78 is 14.3. The zero-order valence-corrected chi connectivity index (χ0v) is 5.44. The van der Waals surface area contributed by atoms with E-state index in [1.54, 1.807) is 0 Å². The van der Waals surface area contributed by atoms with E-state index in [1.807, 2.05) is 0 Å². The molecule has 0 aliphatic rings. The topological polar surface area (TPSA) is 26.3 Å². The van der Waals surface area contributed by atoms with E-state index >= 15 is 0 Å². The molecular weight excluding hydrogens is 134 g/mol. The van der Waals surface area contributed by atoms with Gasteiger partial charge >= 0.3 is 0 Å². The molecule has 0 N–H and O–H groups in total. The summed E-state index contributed by atoms with van der Waals surface area (Å²) in [6.07, 6.45) is 1.49. The molecule has 0 aromatic heterocycles. The van der Waals surface area contributed by atoms with Crippen LogP contribution in [0, 0.1) is 0 Å². The van der Waals surface area contributed by atoms with E-state index in [1.165, 1.54) is 6.08 Å². The first-order valence-electron chi connectivity index (χ1n) is 1.70. The molecule has 1 atom stereocenters. The average Bonchev–Trinajstić information content (AvgIpc) is 1.61. The summed E-state index contributed by atoms with van der Waals surface area (Å²) in [6, 6.07) is 0. The average molecular weight is 141 g/mol. The van der Waals surface area contributed by atoms with Crippen LogP contribution in [-0.4, -0.2) is 6.61 Å². The highest BCUT2D eigenvalue weighted by Crippen LogP contribution is 2.26. The predicted molar refractivity (Wildman–Crippen MR) is 31.0 cm³/mol. The van der Waals surface area contributed by atoms with Gasteiger partial charge in [0.1, 0.15) is 0 Å². The van der Waals surface area contributed by atoms with Crippen LogP contribution in [0.15, 0.2) is 12.7 Å². The summed E-state index contributed by atoms with van der Waals surface area (Å²) in [5, 5.41) is 0. The quantitative estimate of drug-likeness (QED) is 0.442. The third-order valence-electron chi connectivity index (χ3n) is 0.315. The maximum atomic E-state index is 9.88. The Hall–Kier alpha value is 0.220. The van der Waals surface area contributed by atoms with Crippen LogP contribution >= 0.6 is 18.6 Å². The van der Waals surface area contributed by atoms with Crippen molar-refractivity contribution in [3.05, 3.63) is 12.7 Å². The number of rotatable bonds is 3. The third-order valence-corrected chi connectivity index (χ3v) is 1.04. The summed E-state index contributed by atoms with van der Waals surface area (Å²) >= 11 is 4.93. The first-order valence-corrected chi connectivity index (χ1v) is 4.03. The van der Waals surface area contributed by atoms with Crippen LogP contribution in [0.1, 0.15) is 0 Å². The first kappa shape index (κ1) is 7.22. The molecule has 0 aromatic carbocycles. The largest absolute Gasteiger partial charge is 0.315 e. The number of hydrogen-bond acceptors (Lipinski definition) is 2. The molecule has 0 amide bonds. The molecule has 0 heterocycles. The molecule has 2 nitrogen and oxygen atoms in total.